The van der Waals surface area contributed by atoms with Crippen molar-refractivity contribution in [2.24, 2.45) is 0 Å². The van der Waals surface area contributed by atoms with Crippen molar-refractivity contribution in [3.05, 3.63) is 35.4 Å². The van der Waals surface area contributed by atoms with Crippen LogP contribution in [0.25, 0.3) is 0 Å². The van der Waals surface area contributed by atoms with Crippen LogP contribution in [0.1, 0.15) is 17.5 Å². The maximum atomic E-state index is 5.41. The summed E-state index contributed by atoms with van der Waals surface area (Å²) in [5, 5.41) is 0. The lowest BCUT2D eigenvalue weighted by atomic mass is 10.1. The van der Waals surface area contributed by atoms with E-state index in [1.54, 1.807) is 0 Å². The summed E-state index contributed by atoms with van der Waals surface area (Å²) in [7, 11) is 0. The predicted molar refractivity (Wildman–Crippen MR) is 97.8 cm³/mol. The van der Waals surface area contributed by atoms with Crippen LogP contribution in [0.15, 0.2) is 24.3 Å². The summed E-state index contributed by atoms with van der Waals surface area (Å²) < 4.78 is 5.41. The number of morpholine rings is 1. The van der Waals surface area contributed by atoms with Gasteiger partial charge >= 0.3 is 0 Å². The van der Waals surface area contributed by atoms with Crippen molar-refractivity contribution in [2.45, 2.75) is 13.0 Å². The van der Waals surface area contributed by atoms with Gasteiger partial charge in [0.25, 0.3) is 0 Å². The van der Waals surface area contributed by atoms with Gasteiger partial charge in [0, 0.05) is 62.8 Å². The molecule has 0 unspecified atom stereocenters. The van der Waals surface area contributed by atoms with Crippen molar-refractivity contribution in [1.29, 1.82) is 0 Å². The molecule has 4 heteroatoms. The average molecular weight is 330 g/mol. The zero-order valence-electron chi connectivity index (χ0n) is 13.8. The molecule has 2 heterocycles. The Morgan fingerprint density at radius 3 is 2.70 bits per heavy atom. The van der Waals surface area contributed by atoms with Crippen molar-refractivity contribution < 1.29 is 4.74 Å². The maximum absolute atomic E-state index is 5.41. The van der Waals surface area contributed by atoms with Crippen molar-refractivity contribution in [3.63, 3.8) is 0 Å². The molecule has 2 aliphatic rings. The van der Waals surface area contributed by atoms with Crippen molar-refractivity contribution in [3.8, 4) is 11.8 Å². The van der Waals surface area contributed by atoms with Crippen LogP contribution in [0.2, 0.25) is 0 Å². The van der Waals surface area contributed by atoms with E-state index >= 15 is 0 Å². The lowest BCUT2D eigenvalue weighted by molar-refractivity contribution is 0.0342. The highest BCUT2D eigenvalue weighted by Gasteiger charge is 2.10. The Morgan fingerprint density at radius 2 is 1.87 bits per heavy atom. The third-order valence-corrected chi connectivity index (χ3v) is 5.27. The van der Waals surface area contributed by atoms with Gasteiger partial charge in [-0.1, -0.05) is 24.0 Å². The third kappa shape index (κ3) is 5.86. The van der Waals surface area contributed by atoms with Gasteiger partial charge in [0.05, 0.1) is 13.2 Å². The molecule has 3 nitrogen and oxygen atoms in total. The first-order valence-electron chi connectivity index (χ1n) is 8.58. The molecule has 2 saturated heterocycles. The number of hydrogen-bond donors (Lipinski definition) is 0. The highest BCUT2D eigenvalue weighted by Crippen LogP contribution is 2.10. The maximum Gasteiger partial charge on any atom is 0.0594 e. The van der Waals surface area contributed by atoms with Crippen molar-refractivity contribution >= 4 is 11.8 Å². The Bertz CT molecular complexity index is 540. The van der Waals surface area contributed by atoms with E-state index in [1.165, 1.54) is 30.2 Å². The van der Waals surface area contributed by atoms with Gasteiger partial charge in [0.2, 0.25) is 0 Å². The second-order valence-corrected chi connectivity index (χ2v) is 7.32. The summed E-state index contributed by atoms with van der Waals surface area (Å²) >= 11 is 2.06. The first kappa shape index (κ1) is 16.9. The minimum absolute atomic E-state index is 0.856. The molecule has 3 rings (SSSR count). The van der Waals surface area contributed by atoms with E-state index in [0.29, 0.717) is 0 Å². The largest absolute Gasteiger partial charge is 0.379 e. The van der Waals surface area contributed by atoms with E-state index in [0.717, 1.165) is 51.4 Å². The first-order valence-corrected chi connectivity index (χ1v) is 9.74. The molecule has 0 atom stereocenters. The van der Waals surface area contributed by atoms with Crippen LogP contribution in [0.5, 0.6) is 0 Å². The van der Waals surface area contributed by atoms with Crippen LogP contribution in [0.3, 0.4) is 0 Å². The lowest BCUT2D eigenvalue weighted by Crippen LogP contribution is -2.35. The molecule has 0 bridgehead atoms. The average Bonchev–Trinajstić information content (AvgIpc) is 2.61. The summed E-state index contributed by atoms with van der Waals surface area (Å²) in [4.78, 5) is 4.98. The Labute approximate surface area is 144 Å². The smallest absolute Gasteiger partial charge is 0.0594 e. The van der Waals surface area contributed by atoms with E-state index in [2.05, 4.69) is 57.7 Å². The molecular formula is C19H26N2OS. The lowest BCUT2D eigenvalue weighted by Gasteiger charge is -2.26. The van der Waals surface area contributed by atoms with E-state index < -0.39 is 0 Å². The highest BCUT2D eigenvalue weighted by atomic mass is 32.2. The Balaban J connectivity index is 1.48. The van der Waals surface area contributed by atoms with Crippen LogP contribution >= 0.6 is 11.8 Å². The van der Waals surface area contributed by atoms with Crippen LogP contribution in [-0.2, 0) is 11.3 Å². The molecule has 0 N–H and O–H groups in total. The second kappa shape index (κ2) is 9.34. The van der Waals surface area contributed by atoms with E-state index in [9.17, 15) is 0 Å². The summed E-state index contributed by atoms with van der Waals surface area (Å²) in [6.07, 6.45) is 0.971. The monoisotopic (exact) mass is 330 g/mol. The van der Waals surface area contributed by atoms with Gasteiger partial charge in [-0.25, -0.2) is 0 Å². The first-order chi connectivity index (χ1) is 11.4. The van der Waals surface area contributed by atoms with Crippen LogP contribution < -0.4 is 0 Å². The molecule has 0 aromatic heterocycles. The molecule has 0 amide bonds. The molecular weight excluding hydrogens is 304 g/mol. The highest BCUT2D eigenvalue weighted by molar-refractivity contribution is 7.99. The van der Waals surface area contributed by atoms with Crippen LogP contribution in [-0.4, -0.2) is 67.2 Å². The molecule has 1 aromatic rings. The van der Waals surface area contributed by atoms with Crippen molar-refractivity contribution in [2.75, 3.05) is 57.4 Å². The fourth-order valence-corrected chi connectivity index (χ4v) is 3.95. The minimum Gasteiger partial charge on any atom is -0.379 e. The summed E-state index contributed by atoms with van der Waals surface area (Å²) in [6, 6.07) is 8.68. The van der Waals surface area contributed by atoms with Crippen LogP contribution in [0.4, 0.5) is 0 Å². The van der Waals surface area contributed by atoms with Crippen LogP contribution in [0, 0.1) is 11.8 Å². The molecule has 0 aliphatic carbocycles. The Morgan fingerprint density at radius 1 is 1.04 bits per heavy atom. The quantitative estimate of drug-likeness (QED) is 0.787. The van der Waals surface area contributed by atoms with Gasteiger partial charge in [-0.05, 0) is 17.7 Å². The minimum atomic E-state index is 0.856. The topological polar surface area (TPSA) is 15.7 Å². The third-order valence-electron chi connectivity index (χ3n) is 4.33. The summed E-state index contributed by atoms with van der Waals surface area (Å²) in [6.45, 7) is 8.34. The Hall–Kier alpha value is -0.990. The van der Waals surface area contributed by atoms with Gasteiger partial charge in [-0.2, -0.15) is 11.8 Å². The molecule has 2 fully saturated rings. The Kier molecular flexibility index (Phi) is 6.84. The number of hydrogen-bond acceptors (Lipinski definition) is 4. The normalized spacial score (nSPS) is 20.0. The second-order valence-electron chi connectivity index (χ2n) is 6.09. The molecule has 2 aliphatic heterocycles. The van der Waals surface area contributed by atoms with Gasteiger partial charge < -0.3 is 9.64 Å². The summed E-state index contributed by atoms with van der Waals surface area (Å²) in [5.41, 5.74) is 2.50. The van der Waals surface area contributed by atoms with Crippen molar-refractivity contribution in [1.82, 2.24) is 9.80 Å². The van der Waals surface area contributed by atoms with Gasteiger partial charge in [-0.3, -0.25) is 4.90 Å². The molecule has 124 valence electrons. The number of thioether (sulfide) groups is 1. The number of nitrogens with zero attached hydrogens (tertiary/aromatic N) is 2. The van der Waals surface area contributed by atoms with E-state index in [1.807, 2.05) is 0 Å². The number of ether oxygens (including phenoxy) is 1. The molecule has 1 aromatic carbocycles. The molecule has 0 saturated carbocycles. The standard InChI is InChI=1S/C19H26N2OS/c1(2-7-20-10-14-23-15-11-20)4-18-5-3-6-19(16-18)17-21-8-12-22-13-9-21/h3,5-6,16H,2,7-15,17H2. The van der Waals surface area contributed by atoms with Gasteiger partial charge in [0.1, 0.15) is 0 Å². The predicted octanol–water partition coefficient (Wildman–Crippen LogP) is 2.31. The summed E-state index contributed by atoms with van der Waals surface area (Å²) in [5.74, 6) is 9.23. The molecule has 0 radical (unpaired) electrons. The fraction of sp³-hybridized carbons (Fsp3) is 0.579. The van der Waals surface area contributed by atoms with E-state index in [-0.39, 0.29) is 0 Å². The molecule has 23 heavy (non-hydrogen) atoms. The van der Waals surface area contributed by atoms with Gasteiger partial charge in [-0.15, -0.1) is 0 Å². The number of benzene rings is 1. The number of rotatable bonds is 4. The van der Waals surface area contributed by atoms with Gasteiger partial charge in [0.15, 0.2) is 0 Å². The SMILES string of the molecule is C(#Cc1cccc(CN2CCOCC2)c1)CCN1CCSCC1. The fourth-order valence-electron chi connectivity index (χ4n) is 2.97. The zero-order valence-corrected chi connectivity index (χ0v) is 14.6. The zero-order chi connectivity index (χ0) is 15.7. The van der Waals surface area contributed by atoms with E-state index in [4.69, 9.17) is 4.74 Å². The molecule has 0 spiro atoms.